The van der Waals surface area contributed by atoms with Gasteiger partial charge in [0.2, 0.25) is 0 Å². The van der Waals surface area contributed by atoms with Gasteiger partial charge in [0, 0.05) is 25.9 Å². The van der Waals surface area contributed by atoms with Crippen LogP contribution in [-0.2, 0) is 48.0 Å². The average Bonchev–Trinajstić information content (AvgIpc) is 3.08. The third-order valence-electron chi connectivity index (χ3n) is 5.77. The summed E-state index contributed by atoms with van der Waals surface area (Å²) in [5, 5.41) is 9.99. The summed E-state index contributed by atoms with van der Waals surface area (Å²) in [5.41, 5.74) is -0.0911. The summed E-state index contributed by atoms with van der Waals surface area (Å²) in [6, 6.07) is 5.56. The monoisotopic (exact) mass is 424 g/mol. The Hall–Kier alpha value is -1.41. The van der Waals surface area contributed by atoms with E-state index in [1.165, 1.54) is 8.88 Å². The first-order valence-electron chi connectivity index (χ1n) is 7.93. The van der Waals surface area contributed by atoms with Gasteiger partial charge in [-0.25, -0.2) is 0 Å². The van der Waals surface area contributed by atoms with Crippen LogP contribution in [0.2, 0.25) is 0 Å². The second-order valence-electron chi connectivity index (χ2n) is 7.11. The zero-order chi connectivity index (χ0) is 18.9. The van der Waals surface area contributed by atoms with Crippen molar-refractivity contribution in [2.24, 2.45) is 5.41 Å². The van der Waals surface area contributed by atoms with E-state index in [1.807, 2.05) is 19.9 Å². The van der Waals surface area contributed by atoms with Gasteiger partial charge in [0.15, 0.2) is 9.74 Å². The van der Waals surface area contributed by atoms with Crippen LogP contribution in [0.4, 0.5) is 0 Å². The van der Waals surface area contributed by atoms with Crippen LogP contribution in [-0.4, -0.2) is 43.4 Å². The van der Waals surface area contributed by atoms with Gasteiger partial charge < -0.3 is 9.80 Å². The predicted octanol–water partition coefficient (Wildman–Crippen LogP) is 0.858. The fourth-order valence-electron chi connectivity index (χ4n) is 4.53. The van der Waals surface area contributed by atoms with E-state index >= 15 is 0 Å². The van der Waals surface area contributed by atoms with Gasteiger partial charge in [-0.05, 0) is 63.9 Å². The van der Waals surface area contributed by atoms with Crippen molar-refractivity contribution < 1.29 is 9.59 Å². The molecule has 1 aromatic heterocycles. The summed E-state index contributed by atoms with van der Waals surface area (Å²) in [5.74, 6) is -0.195. The lowest BCUT2D eigenvalue weighted by Crippen LogP contribution is -2.60. The molecule has 2 amide bonds. The van der Waals surface area contributed by atoms with Gasteiger partial charge in [-0.1, -0.05) is 6.07 Å². The molecule has 0 aliphatic carbocycles. The molecule has 3 saturated heterocycles. The van der Waals surface area contributed by atoms with Crippen LogP contribution in [0.5, 0.6) is 0 Å². The molecule has 3 aliphatic heterocycles. The van der Waals surface area contributed by atoms with Crippen LogP contribution in [0.1, 0.15) is 31.9 Å². The van der Waals surface area contributed by atoms with Crippen LogP contribution >= 0.6 is 0 Å². The summed E-state index contributed by atoms with van der Waals surface area (Å²) >= 11 is 5.10. The Kier molecular flexibility index (Phi) is 3.83. The molecule has 0 saturated carbocycles. The number of pyridine rings is 1. The molecule has 6 nitrogen and oxygen atoms in total. The number of carbonyl (C=O) groups is 2. The number of carbonyl (C=O) groups excluding carboxylic acids is 2. The number of likely N-dealkylation sites (N-methyl/N-ethyl adjacent to an activating group) is 1. The van der Waals surface area contributed by atoms with Crippen LogP contribution in [0.15, 0.2) is 24.5 Å². The molecule has 0 aromatic carbocycles. The van der Waals surface area contributed by atoms with Crippen molar-refractivity contribution in [3.63, 3.8) is 0 Å². The highest BCUT2D eigenvalue weighted by Crippen LogP contribution is 2.64. The Balaban J connectivity index is 2.06. The molecule has 3 fully saturated rings. The summed E-state index contributed by atoms with van der Waals surface area (Å²) < 4.78 is 0. The maximum Gasteiger partial charge on any atom is 0.261 e. The fourth-order valence-corrected chi connectivity index (χ4v) is 13.5. The van der Waals surface area contributed by atoms with E-state index in [9.17, 15) is 14.9 Å². The van der Waals surface area contributed by atoms with E-state index in [-0.39, 0.29) is 11.8 Å². The topological polar surface area (TPSA) is 77.3 Å². The van der Waals surface area contributed by atoms with Crippen LogP contribution < -0.4 is 0 Å². The summed E-state index contributed by atoms with van der Waals surface area (Å²) in [4.78, 5) is 32.4. The molecule has 2 bridgehead atoms. The minimum absolute atomic E-state index is 0.0904. The molecule has 0 N–H and O–H groups in total. The van der Waals surface area contributed by atoms with Gasteiger partial charge in [-0.15, -0.1) is 0 Å². The number of amides is 2. The second kappa shape index (κ2) is 5.55. The van der Waals surface area contributed by atoms with Gasteiger partial charge in [0.1, 0.15) is 0 Å². The highest BCUT2D eigenvalue weighted by atomic mass is 33.2. The first-order chi connectivity index (χ1) is 12.3. The lowest BCUT2D eigenvalue weighted by molar-refractivity contribution is -0.159. The molecule has 3 aliphatic rings. The average molecular weight is 425 g/mol. The van der Waals surface area contributed by atoms with E-state index in [0.717, 1.165) is 14.4 Å². The number of hydrogen-bond donors (Lipinski definition) is 0. The standard InChI is InChI=1S/C16H16N4O2S4/c1-14(9-17)8-16-13(22)19(3)15(2,26(16)25-24-23)12(21)20(16)11(14)10-5-4-6-18-7-10/h4-7,11H,8H2,1-3H3/t11?,14-,15-,16+,26?/m1/s1. The third-order valence-corrected chi connectivity index (χ3v) is 13.9. The Morgan fingerprint density at radius 2 is 2.15 bits per heavy atom. The fraction of sp³-hybridized carbons (Fsp3) is 0.500. The molecule has 26 heavy (non-hydrogen) atoms. The molecule has 4 heterocycles. The molecule has 10 heteroatoms. The Bertz CT molecular complexity index is 997. The van der Waals surface area contributed by atoms with Crippen LogP contribution in [0, 0.1) is 16.7 Å². The zero-order valence-electron chi connectivity index (χ0n) is 14.3. The van der Waals surface area contributed by atoms with E-state index in [1.54, 1.807) is 35.3 Å². The normalized spacial score (nSPS) is 40.5. The van der Waals surface area contributed by atoms with Gasteiger partial charge in [0.25, 0.3) is 11.8 Å². The Morgan fingerprint density at radius 3 is 2.73 bits per heavy atom. The Labute approximate surface area is 164 Å². The predicted molar refractivity (Wildman–Crippen MR) is 106 cm³/mol. The molecule has 2 unspecified atom stereocenters. The Morgan fingerprint density at radius 1 is 1.42 bits per heavy atom. The number of nitrogens with zero attached hydrogens (tertiary/aromatic N) is 4. The highest BCUT2D eigenvalue weighted by Gasteiger charge is 2.80. The van der Waals surface area contributed by atoms with E-state index in [2.05, 4.69) is 11.1 Å². The SMILES string of the molecule is CN1C(=O)[C@@]23C[C@](C)(C#N)C(c4cccnc4)N2C(=O)[C@@]1(C)S3=S=S=S. The van der Waals surface area contributed by atoms with Crippen molar-refractivity contribution in [2.45, 2.75) is 36.1 Å². The van der Waals surface area contributed by atoms with Crippen LogP contribution in [0.3, 0.4) is 0 Å². The largest absolute Gasteiger partial charge is 0.320 e. The number of fused-ring (bicyclic) bond motifs is 1. The quantitative estimate of drug-likeness (QED) is 0.668. The molecular weight excluding hydrogens is 408 g/mol. The number of nitriles is 1. The summed E-state index contributed by atoms with van der Waals surface area (Å²) in [6.07, 6.45) is 3.65. The lowest BCUT2D eigenvalue weighted by atomic mass is 9.80. The third kappa shape index (κ3) is 1.80. The van der Waals surface area contributed by atoms with Crippen molar-refractivity contribution in [1.82, 2.24) is 14.8 Å². The first-order valence-corrected chi connectivity index (χ1v) is 12.8. The van der Waals surface area contributed by atoms with E-state index < -0.39 is 30.7 Å². The van der Waals surface area contributed by atoms with Gasteiger partial charge in [0.05, 0.1) is 17.5 Å². The van der Waals surface area contributed by atoms with Crippen molar-refractivity contribution in [3.05, 3.63) is 30.1 Å². The van der Waals surface area contributed by atoms with E-state index in [4.69, 9.17) is 11.2 Å². The van der Waals surface area contributed by atoms with Crippen LogP contribution in [0.25, 0.3) is 0 Å². The smallest absolute Gasteiger partial charge is 0.261 e. The molecule has 1 spiro atoms. The molecule has 0 radical (unpaired) electrons. The van der Waals surface area contributed by atoms with E-state index in [0.29, 0.717) is 6.42 Å². The number of piperazine rings is 1. The van der Waals surface area contributed by atoms with Crippen molar-refractivity contribution in [1.29, 1.82) is 5.26 Å². The maximum atomic E-state index is 13.5. The molecule has 136 valence electrons. The van der Waals surface area contributed by atoms with Gasteiger partial charge >= 0.3 is 0 Å². The zero-order valence-corrected chi connectivity index (χ0v) is 17.6. The maximum absolute atomic E-state index is 13.5. The number of aromatic nitrogens is 1. The molecular formula is C16H16N4O2S4. The minimum atomic E-state index is -1.01. The van der Waals surface area contributed by atoms with Crippen molar-refractivity contribution >= 4 is 50.2 Å². The molecule has 4 rings (SSSR count). The van der Waals surface area contributed by atoms with Gasteiger partial charge in [-0.2, -0.15) is 5.26 Å². The van der Waals surface area contributed by atoms with Gasteiger partial charge in [-0.3, -0.25) is 14.6 Å². The number of hydrogen-bond acceptors (Lipinski definition) is 5. The van der Waals surface area contributed by atoms with Crippen molar-refractivity contribution in [2.75, 3.05) is 7.05 Å². The number of rotatable bonds is 1. The second-order valence-corrected chi connectivity index (χ2v) is 13.7. The minimum Gasteiger partial charge on any atom is -0.320 e. The van der Waals surface area contributed by atoms with Crippen molar-refractivity contribution in [3.8, 4) is 6.07 Å². The lowest BCUT2D eigenvalue weighted by Gasteiger charge is -2.39. The summed E-state index contributed by atoms with van der Waals surface area (Å²) in [7, 11) is 3.58. The summed E-state index contributed by atoms with van der Waals surface area (Å²) in [6.45, 7) is 3.66. The highest BCUT2D eigenvalue weighted by molar-refractivity contribution is 8.59. The first kappa shape index (κ1) is 18.0. The molecule has 5 atom stereocenters. The molecule has 1 aromatic rings.